The van der Waals surface area contributed by atoms with E-state index in [1.165, 1.54) is 0 Å². The van der Waals surface area contributed by atoms with Crippen LogP contribution >= 0.6 is 0 Å². The number of imidazole rings is 1. The van der Waals surface area contributed by atoms with Crippen molar-refractivity contribution in [2.75, 3.05) is 18.1 Å². The number of carbonyl (C=O) groups is 1. The third-order valence-corrected chi connectivity index (χ3v) is 4.31. The second-order valence-electron chi connectivity index (χ2n) is 6.04. The molecule has 0 N–H and O–H groups in total. The summed E-state index contributed by atoms with van der Waals surface area (Å²) in [5.41, 5.74) is -2.72. The van der Waals surface area contributed by atoms with E-state index in [4.69, 9.17) is 11.2 Å². The molecule has 11 heteroatoms. The molecule has 0 saturated heterocycles. The first-order valence-corrected chi connectivity index (χ1v) is 8.09. The molecule has 0 unspecified atom stereocenters. The maximum Gasteiger partial charge on any atom is 0.432 e. The van der Waals surface area contributed by atoms with E-state index >= 15 is 0 Å². The van der Waals surface area contributed by atoms with Gasteiger partial charge in [-0.2, -0.15) is 13.2 Å². The maximum atomic E-state index is 14.8. The van der Waals surface area contributed by atoms with Crippen LogP contribution in [-0.4, -0.2) is 33.0 Å². The quantitative estimate of drug-likeness (QED) is 0.482. The minimum absolute atomic E-state index is 0.0143. The van der Waals surface area contributed by atoms with Crippen LogP contribution in [0.5, 0.6) is 5.75 Å². The van der Waals surface area contributed by atoms with Crippen LogP contribution in [0.15, 0.2) is 35.4 Å². The first kappa shape index (κ1) is 18.5. The molecule has 3 aromatic rings. The Morgan fingerprint density at radius 1 is 1.21 bits per heavy atom. The number of amides is 1. The second-order valence-corrected chi connectivity index (χ2v) is 6.04. The molecular weight excluding hydrogens is 396 g/mol. The molecule has 1 aliphatic rings. The first-order valence-electron chi connectivity index (χ1n) is 8.09. The summed E-state index contributed by atoms with van der Waals surface area (Å²) < 4.78 is 61.0. The fraction of sp³-hybridized carbons (Fsp3) is 0.167. The van der Waals surface area contributed by atoms with Crippen molar-refractivity contribution in [1.29, 1.82) is 0 Å². The summed E-state index contributed by atoms with van der Waals surface area (Å²) >= 11 is 0. The Kier molecular flexibility index (Phi) is 4.07. The summed E-state index contributed by atoms with van der Waals surface area (Å²) in [7, 11) is 0. The predicted octanol–water partition coefficient (Wildman–Crippen LogP) is 2.00. The van der Waals surface area contributed by atoms with Crippen molar-refractivity contribution in [1.82, 2.24) is 14.0 Å². The highest BCUT2D eigenvalue weighted by Gasteiger charge is 2.35. The van der Waals surface area contributed by atoms with Crippen molar-refractivity contribution in [2.45, 2.75) is 6.18 Å². The van der Waals surface area contributed by atoms with Crippen molar-refractivity contribution < 1.29 is 27.1 Å². The summed E-state index contributed by atoms with van der Waals surface area (Å²) in [5, 5.41) is 0. The second kappa shape index (κ2) is 6.37. The summed E-state index contributed by atoms with van der Waals surface area (Å²) in [4.78, 5) is 29.5. The Hall–Kier alpha value is -3.81. The Morgan fingerprint density at radius 3 is 2.66 bits per heavy atom. The Morgan fingerprint density at radius 2 is 1.97 bits per heavy atom. The van der Waals surface area contributed by atoms with Crippen LogP contribution in [0.25, 0.3) is 11.5 Å². The largest absolute Gasteiger partial charge is 0.481 e. The molecule has 7 nitrogen and oxygen atoms in total. The van der Waals surface area contributed by atoms with Gasteiger partial charge in [-0.3, -0.25) is 18.9 Å². The Bertz CT molecular complexity index is 1250. The SMILES string of the molecule is C#CCN1C(=O)COc2cc(F)c(-n3c(=O)cc(C(F)(F)F)n4ccnc34)cc21. The topological polar surface area (TPSA) is 68.8 Å². The van der Waals surface area contributed by atoms with E-state index in [2.05, 4.69) is 10.9 Å². The average Bonchev–Trinajstić information content (AvgIpc) is 3.12. The van der Waals surface area contributed by atoms with Gasteiger partial charge in [-0.25, -0.2) is 13.9 Å². The van der Waals surface area contributed by atoms with Gasteiger partial charge < -0.3 is 4.74 Å². The molecule has 0 atom stereocenters. The van der Waals surface area contributed by atoms with Gasteiger partial charge in [-0.15, -0.1) is 6.42 Å². The van der Waals surface area contributed by atoms with Gasteiger partial charge in [0, 0.05) is 24.5 Å². The molecule has 29 heavy (non-hydrogen) atoms. The number of terminal acetylenes is 1. The molecule has 0 fully saturated rings. The van der Waals surface area contributed by atoms with E-state index in [9.17, 15) is 27.2 Å². The highest BCUT2D eigenvalue weighted by molar-refractivity contribution is 5.98. The maximum absolute atomic E-state index is 14.8. The van der Waals surface area contributed by atoms with Crippen LogP contribution in [0.3, 0.4) is 0 Å². The zero-order valence-corrected chi connectivity index (χ0v) is 14.4. The molecule has 2 aromatic heterocycles. The van der Waals surface area contributed by atoms with Gasteiger partial charge in [-0.05, 0) is 6.07 Å². The van der Waals surface area contributed by atoms with Gasteiger partial charge in [0.2, 0.25) is 5.78 Å². The fourth-order valence-corrected chi connectivity index (χ4v) is 3.09. The number of ether oxygens (including phenoxy) is 1. The average molecular weight is 406 g/mol. The van der Waals surface area contributed by atoms with Crippen LogP contribution in [0.4, 0.5) is 23.2 Å². The van der Waals surface area contributed by atoms with E-state index in [0.29, 0.717) is 15.0 Å². The highest BCUT2D eigenvalue weighted by Crippen LogP contribution is 2.36. The third kappa shape index (κ3) is 2.89. The number of alkyl halides is 3. The first-order chi connectivity index (χ1) is 13.7. The Labute approximate surface area is 159 Å². The molecular formula is C18H10F4N4O3. The van der Waals surface area contributed by atoms with E-state index < -0.39 is 40.6 Å². The van der Waals surface area contributed by atoms with Gasteiger partial charge in [0.1, 0.15) is 11.4 Å². The molecule has 4 rings (SSSR count). The van der Waals surface area contributed by atoms with Gasteiger partial charge in [0.05, 0.1) is 17.9 Å². The molecule has 1 amide bonds. The lowest BCUT2D eigenvalue weighted by atomic mass is 10.2. The lowest BCUT2D eigenvalue weighted by molar-refractivity contribution is -0.142. The normalized spacial score (nSPS) is 13.9. The van der Waals surface area contributed by atoms with E-state index in [0.717, 1.165) is 29.4 Å². The van der Waals surface area contributed by atoms with Crippen LogP contribution in [0.2, 0.25) is 0 Å². The van der Waals surface area contributed by atoms with Gasteiger partial charge in [-0.1, -0.05) is 5.92 Å². The standard InChI is InChI=1S/C18H10F4N4O3/c1-2-4-24-12-7-11(10(19)6-13(12)29-9-16(24)28)26-15(27)8-14(18(20,21)22)25-5-3-23-17(25)26/h1,3,5-8H,4,9H2. The summed E-state index contributed by atoms with van der Waals surface area (Å²) in [6, 6.07) is 2.39. The lowest BCUT2D eigenvalue weighted by Crippen LogP contribution is -2.39. The van der Waals surface area contributed by atoms with Crippen LogP contribution < -0.4 is 15.2 Å². The van der Waals surface area contributed by atoms with Crippen molar-refractivity contribution in [3.63, 3.8) is 0 Å². The number of benzene rings is 1. The number of aromatic nitrogens is 3. The molecule has 0 radical (unpaired) electrons. The number of anilines is 1. The fourth-order valence-electron chi connectivity index (χ4n) is 3.09. The predicted molar refractivity (Wildman–Crippen MR) is 92.4 cm³/mol. The van der Waals surface area contributed by atoms with Gasteiger partial charge in [0.15, 0.2) is 12.4 Å². The van der Waals surface area contributed by atoms with Crippen LogP contribution in [0, 0.1) is 18.2 Å². The zero-order valence-electron chi connectivity index (χ0n) is 14.4. The number of nitrogens with zero attached hydrogens (tertiary/aromatic N) is 4. The van der Waals surface area contributed by atoms with Crippen LogP contribution in [0.1, 0.15) is 5.69 Å². The molecule has 0 aliphatic carbocycles. The summed E-state index contributed by atoms with van der Waals surface area (Å²) in [6.45, 7) is -0.487. The highest BCUT2D eigenvalue weighted by atomic mass is 19.4. The molecule has 3 heterocycles. The van der Waals surface area contributed by atoms with Crippen LogP contribution in [-0.2, 0) is 11.0 Å². The molecule has 0 spiro atoms. The number of rotatable bonds is 2. The summed E-state index contributed by atoms with van der Waals surface area (Å²) in [6.07, 6.45) is 2.49. The van der Waals surface area contributed by atoms with Gasteiger partial charge >= 0.3 is 6.18 Å². The number of carbonyl (C=O) groups excluding carboxylic acids is 1. The van der Waals surface area contributed by atoms with Crippen molar-refractivity contribution in [3.05, 3.63) is 52.5 Å². The molecule has 0 saturated carbocycles. The number of hydrogen-bond donors (Lipinski definition) is 0. The monoisotopic (exact) mass is 406 g/mol. The van der Waals surface area contributed by atoms with Crippen molar-refractivity contribution in [3.8, 4) is 23.8 Å². The summed E-state index contributed by atoms with van der Waals surface area (Å²) in [5.74, 6) is 0.414. The smallest absolute Gasteiger partial charge is 0.432 e. The third-order valence-electron chi connectivity index (χ3n) is 4.31. The van der Waals surface area contributed by atoms with Crippen molar-refractivity contribution >= 4 is 17.4 Å². The molecule has 1 aromatic carbocycles. The van der Waals surface area contributed by atoms with E-state index in [-0.39, 0.29) is 24.6 Å². The van der Waals surface area contributed by atoms with E-state index in [1.54, 1.807) is 0 Å². The molecule has 1 aliphatic heterocycles. The van der Waals surface area contributed by atoms with Crippen molar-refractivity contribution in [2.24, 2.45) is 0 Å². The number of fused-ring (bicyclic) bond motifs is 2. The Balaban J connectivity index is 2.00. The molecule has 148 valence electrons. The molecule has 0 bridgehead atoms. The minimum Gasteiger partial charge on any atom is -0.481 e. The zero-order chi connectivity index (χ0) is 20.9. The number of halogens is 4. The van der Waals surface area contributed by atoms with Gasteiger partial charge in [0.25, 0.3) is 11.5 Å². The number of hydrogen-bond acceptors (Lipinski definition) is 4. The minimum atomic E-state index is -4.82. The van der Waals surface area contributed by atoms with E-state index in [1.807, 2.05) is 0 Å². The lowest BCUT2D eigenvalue weighted by Gasteiger charge is -2.28.